The number of fused-ring (bicyclic) bond motifs is 1. The van der Waals surface area contributed by atoms with Crippen LogP contribution in [0, 0.1) is 0 Å². The molecule has 2 rings (SSSR count). The van der Waals surface area contributed by atoms with Crippen LogP contribution in [0.2, 0.25) is 0 Å². The van der Waals surface area contributed by atoms with Crippen LogP contribution in [-0.2, 0) is 9.53 Å². The molecule has 0 N–H and O–H groups in total. The highest BCUT2D eigenvalue weighted by Crippen LogP contribution is 2.20. The van der Waals surface area contributed by atoms with Gasteiger partial charge in [-0.25, -0.2) is 0 Å². The van der Waals surface area contributed by atoms with E-state index in [0.717, 1.165) is 39.0 Å². The average Bonchev–Trinajstić information content (AvgIpc) is 2.06. The lowest BCUT2D eigenvalue weighted by atomic mass is 10.0. The highest BCUT2D eigenvalue weighted by atomic mass is 16.5. The van der Waals surface area contributed by atoms with Crippen molar-refractivity contribution in [2.75, 3.05) is 19.8 Å². The van der Waals surface area contributed by atoms with Crippen molar-refractivity contribution in [2.24, 2.45) is 0 Å². The van der Waals surface area contributed by atoms with Crippen molar-refractivity contribution in [2.45, 2.75) is 25.3 Å². The van der Waals surface area contributed by atoms with Gasteiger partial charge in [0.15, 0.2) is 0 Å². The van der Waals surface area contributed by atoms with Crippen molar-refractivity contribution in [1.29, 1.82) is 0 Å². The number of hydrogen-bond donors (Lipinski definition) is 0. The van der Waals surface area contributed by atoms with E-state index in [-0.39, 0.29) is 0 Å². The molecule has 11 heavy (non-hydrogen) atoms. The summed E-state index contributed by atoms with van der Waals surface area (Å²) < 4.78 is 5.29. The van der Waals surface area contributed by atoms with Crippen LogP contribution in [-0.4, -0.2) is 36.6 Å². The van der Waals surface area contributed by atoms with Crippen molar-refractivity contribution in [3.05, 3.63) is 0 Å². The zero-order chi connectivity index (χ0) is 7.68. The lowest BCUT2D eigenvalue weighted by molar-refractivity contribution is -0.143. The van der Waals surface area contributed by atoms with Crippen molar-refractivity contribution >= 4 is 5.91 Å². The third kappa shape index (κ3) is 1.25. The summed E-state index contributed by atoms with van der Waals surface area (Å²) in [6.45, 7) is 2.29. The number of carbonyl (C=O) groups is 1. The highest BCUT2D eigenvalue weighted by molar-refractivity contribution is 5.77. The molecule has 1 amide bonds. The SMILES string of the molecule is O=C1CCC[C@@H]2COCCN12. The van der Waals surface area contributed by atoms with Crippen LogP contribution in [0.4, 0.5) is 0 Å². The Morgan fingerprint density at radius 1 is 1.55 bits per heavy atom. The van der Waals surface area contributed by atoms with Gasteiger partial charge in [-0.2, -0.15) is 0 Å². The standard InChI is InChI=1S/C8H13NO2/c10-8-3-1-2-7-6-11-5-4-9(7)8/h7H,1-6H2/t7-/m1/s1. The van der Waals surface area contributed by atoms with E-state index in [9.17, 15) is 4.79 Å². The van der Waals surface area contributed by atoms with Crippen LogP contribution in [0.5, 0.6) is 0 Å². The summed E-state index contributed by atoms with van der Waals surface area (Å²) in [5.41, 5.74) is 0. The second kappa shape index (κ2) is 2.81. The third-order valence-corrected chi connectivity index (χ3v) is 2.48. The van der Waals surface area contributed by atoms with Crippen molar-refractivity contribution in [3.8, 4) is 0 Å². The van der Waals surface area contributed by atoms with Gasteiger partial charge in [-0.15, -0.1) is 0 Å². The molecular weight excluding hydrogens is 142 g/mol. The molecule has 3 nitrogen and oxygen atoms in total. The fourth-order valence-electron chi connectivity index (χ4n) is 1.85. The molecule has 2 fully saturated rings. The van der Waals surface area contributed by atoms with Gasteiger partial charge in [0.2, 0.25) is 5.91 Å². The summed E-state index contributed by atoms with van der Waals surface area (Å²) in [4.78, 5) is 13.3. The molecule has 0 saturated carbocycles. The molecule has 0 aromatic carbocycles. The van der Waals surface area contributed by atoms with Crippen molar-refractivity contribution < 1.29 is 9.53 Å². The molecule has 2 saturated heterocycles. The number of nitrogens with zero attached hydrogens (tertiary/aromatic N) is 1. The first-order chi connectivity index (χ1) is 5.38. The van der Waals surface area contributed by atoms with Gasteiger partial charge >= 0.3 is 0 Å². The summed E-state index contributed by atoms with van der Waals surface area (Å²) in [6.07, 6.45) is 2.92. The normalized spacial score (nSPS) is 31.8. The van der Waals surface area contributed by atoms with Crippen LogP contribution >= 0.6 is 0 Å². The molecule has 0 aliphatic carbocycles. The molecule has 2 aliphatic rings. The number of hydrogen-bond acceptors (Lipinski definition) is 2. The topological polar surface area (TPSA) is 29.5 Å². The van der Waals surface area contributed by atoms with Gasteiger partial charge in [0, 0.05) is 13.0 Å². The van der Waals surface area contributed by atoms with Gasteiger partial charge in [0.1, 0.15) is 0 Å². The Hall–Kier alpha value is -0.570. The zero-order valence-corrected chi connectivity index (χ0v) is 6.58. The second-order valence-electron chi connectivity index (χ2n) is 3.21. The molecule has 3 heteroatoms. The van der Waals surface area contributed by atoms with E-state index >= 15 is 0 Å². The molecule has 2 aliphatic heterocycles. The monoisotopic (exact) mass is 155 g/mol. The Kier molecular flexibility index (Phi) is 1.82. The maximum absolute atomic E-state index is 11.3. The summed E-state index contributed by atoms with van der Waals surface area (Å²) in [7, 11) is 0. The Labute approximate surface area is 66.3 Å². The molecule has 0 unspecified atom stereocenters. The van der Waals surface area contributed by atoms with Gasteiger partial charge in [-0.05, 0) is 12.8 Å². The molecule has 1 atom stereocenters. The number of morpholine rings is 1. The number of amides is 1. The summed E-state index contributed by atoms with van der Waals surface area (Å²) in [5.74, 6) is 0.324. The van der Waals surface area contributed by atoms with E-state index < -0.39 is 0 Å². The quantitative estimate of drug-likeness (QED) is 0.506. The van der Waals surface area contributed by atoms with Crippen molar-refractivity contribution in [3.63, 3.8) is 0 Å². The van der Waals surface area contributed by atoms with Gasteiger partial charge in [-0.3, -0.25) is 4.79 Å². The third-order valence-electron chi connectivity index (χ3n) is 2.48. The minimum absolute atomic E-state index is 0.324. The Bertz CT molecular complexity index is 167. The fraction of sp³-hybridized carbons (Fsp3) is 0.875. The van der Waals surface area contributed by atoms with Crippen LogP contribution in [0.25, 0.3) is 0 Å². The molecule has 0 bridgehead atoms. The largest absolute Gasteiger partial charge is 0.377 e. The Morgan fingerprint density at radius 3 is 3.27 bits per heavy atom. The Morgan fingerprint density at radius 2 is 2.45 bits per heavy atom. The average molecular weight is 155 g/mol. The van der Waals surface area contributed by atoms with Crippen LogP contribution in [0.1, 0.15) is 19.3 Å². The number of carbonyl (C=O) groups excluding carboxylic acids is 1. The molecular formula is C8H13NO2. The van der Waals surface area contributed by atoms with Gasteiger partial charge < -0.3 is 9.64 Å². The van der Waals surface area contributed by atoms with Gasteiger partial charge in [0.25, 0.3) is 0 Å². The first-order valence-corrected chi connectivity index (χ1v) is 4.25. The fourth-order valence-corrected chi connectivity index (χ4v) is 1.85. The molecule has 62 valence electrons. The number of piperidine rings is 1. The first kappa shape index (κ1) is 7.10. The number of rotatable bonds is 0. The van der Waals surface area contributed by atoms with E-state index in [1.165, 1.54) is 0 Å². The van der Waals surface area contributed by atoms with E-state index in [2.05, 4.69) is 0 Å². The van der Waals surface area contributed by atoms with E-state index in [4.69, 9.17) is 4.74 Å². The first-order valence-electron chi connectivity index (χ1n) is 4.25. The molecule has 0 aromatic heterocycles. The van der Waals surface area contributed by atoms with Crippen molar-refractivity contribution in [1.82, 2.24) is 4.90 Å². The van der Waals surface area contributed by atoms with E-state index in [1.807, 2.05) is 4.90 Å². The van der Waals surface area contributed by atoms with Gasteiger partial charge in [0.05, 0.1) is 19.3 Å². The maximum atomic E-state index is 11.3. The van der Waals surface area contributed by atoms with Crippen LogP contribution in [0.15, 0.2) is 0 Å². The Balaban J connectivity index is 2.05. The molecule has 0 spiro atoms. The van der Waals surface area contributed by atoms with E-state index in [1.54, 1.807) is 0 Å². The second-order valence-corrected chi connectivity index (χ2v) is 3.21. The summed E-state index contributed by atoms with van der Waals surface area (Å²) >= 11 is 0. The molecule has 0 radical (unpaired) electrons. The lowest BCUT2D eigenvalue weighted by Crippen LogP contribution is -2.50. The number of ether oxygens (including phenoxy) is 1. The van der Waals surface area contributed by atoms with Gasteiger partial charge in [-0.1, -0.05) is 0 Å². The molecule has 2 heterocycles. The smallest absolute Gasteiger partial charge is 0.222 e. The highest BCUT2D eigenvalue weighted by Gasteiger charge is 2.30. The van der Waals surface area contributed by atoms with Crippen LogP contribution < -0.4 is 0 Å². The minimum atomic E-state index is 0.324. The van der Waals surface area contributed by atoms with E-state index in [0.29, 0.717) is 11.9 Å². The minimum Gasteiger partial charge on any atom is -0.377 e. The predicted octanol–water partition coefficient (Wildman–Crippen LogP) is 0.398. The molecule has 0 aromatic rings. The van der Waals surface area contributed by atoms with Crippen LogP contribution in [0.3, 0.4) is 0 Å². The lowest BCUT2D eigenvalue weighted by Gasteiger charge is -2.38. The predicted molar refractivity (Wildman–Crippen MR) is 40.2 cm³/mol. The summed E-state index contributed by atoms with van der Waals surface area (Å²) in [5, 5.41) is 0. The maximum Gasteiger partial charge on any atom is 0.222 e. The zero-order valence-electron chi connectivity index (χ0n) is 6.58. The summed E-state index contributed by atoms with van der Waals surface area (Å²) in [6, 6.07) is 0.394.